The van der Waals surface area contributed by atoms with Crippen molar-refractivity contribution in [3.8, 4) is 0 Å². The number of ether oxygens (including phenoxy) is 1. The number of thiophene rings is 1. The average Bonchev–Trinajstić information content (AvgIpc) is 2.97. The third-order valence-electron chi connectivity index (χ3n) is 4.66. The quantitative estimate of drug-likeness (QED) is 0.786. The summed E-state index contributed by atoms with van der Waals surface area (Å²) >= 11 is 1.36. The van der Waals surface area contributed by atoms with E-state index in [0.29, 0.717) is 16.5 Å². The number of esters is 1. The molecule has 1 atom stereocenters. The molecule has 0 bridgehead atoms. The summed E-state index contributed by atoms with van der Waals surface area (Å²) in [5, 5.41) is 3.15. The molecule has 8 heteroatoms. The van der Waals surface area contributed by atoms with E-state index < -0.39 is 21.7 Å². The normalized spacial score (nSPS) is 16.5. The molecule has 0 fully saturated rings. The van der Waals surface area contributed by atoms with E-state index in [1.54, 1.807) is 12.1 Å². The number of hydrogen-bond acceptors (Lipinski definition) is 6. The van der Waals surface area contributed by atoms with Gasteiger partial charge in [0.2, 0.25) is 0 Å². The standard InChI is InChI=1S/C19H21NO5S2/c1-11-8-9-12-14(10-11)26-18(16(12)19(22)25-2)20-17(21)13-6-4-5-7-15(13)27(3,23)24/h4-7,11H,8-10H2,1-3H3,(H,20,21). The summed E-state index contributed by atoms with van der Waals surface area (Å²) in [4.78, 5) is 26.2. The zero-order valence-corrected chi connectivity index (χ0v) is 17.0. The Morgan fingerprint density at radius 2 is 1.96 bits per heavy atom. The number of rotatable bonds is 4. The van der Waals surface area contributed by atoms with Gasteiger partial charge >= 0.3 is 5.97 Å². The number of nitrogens with one attached hydrogen (secondary N) is 1. The van der Waals surface area contributed by atoms with E-state index in [9.17, 15) is 18.0 Å². The Bertz CT molecular complexity index is 1010. The van der Waals surface area contributed by atoms with Gasteiger partial charge in [-0.25, -0.2) is 13.2 Å². The Morgan fingerprint density at radius 1 is 1.26 bits per heavy atom. The van der Waals surface area contributed by atoms with Crippen LogP contribution in [0, 0.1) is 5.92 Å². The molecule has 2 aromatic rings. The summed E-state index contributed by atoms with van der Waals surface area (Å²) in [5.74, 6) is -0.544. The zero-order valence-electron chi connectivity index (χ0n) is 15.4. The maximum atomic E-state index is 12.8. The minimum Gasteiger partial charge on any atom is -0.465 e. The summed E-state index contributed by atoms with van der Waals surface area (Å²) in [7, 11) is -2.25. The fourth-order valence-corrected chi connectivity index (χ4v) is 5.58. The highest BCUT2D eigenvalue weighted by Crippen LogP contribution is 2.40. The molecule has 0 radical (unpaired) electrons. The molecular weight excluding hydrogens is 386 g/mol. The highest BCUT2D eigenvalue weighted by Gasteiger charge is 2.29. The second-order valence-corrected chi connectivity index (χ2v) is 9.86. The molecule has 1 aliphatic rings. The van der Waals surface area contributed by atoms with Crippen molar-refractivity contribution in [3.05, 3.63) is 45.8 Å². The summed E-state index contributed by atoms with van der Waals surface area (Å²) in [6.07, 6.45) is 3.63. The van der Waals surface area contributed by atoms with Gasteiger partial charge in [0.05, 0.1) is 23.1 Å². The first-order valence-electron chi connectivity index (χ1n) is 8.55. The summed E-state index contributed by atoms with van der Waals surface area (Å²) < 4.78 is 28.9. The van der Waals surface area contributed by atoms with Gasteiger partial charge in [-0.15, -0.1) is 11.3 Å². The number of anilines is 1. The van der Waals surface area contributed by atoms with E-state index in [-0.39, 0.29) is 10.5 Å². The predicted molar refractivity (Wildman–Crippen MR) is 104 cm³/mol. The van der Waals surface area contributed by atoms with Crippen LogP contribution in [0.2, 0.25) is 0 Å². The van der Waals surface area contributed by atoms with E-state index in [1.165, 1.54) is 30.6 Å². The molecule has 6 nitrogen and oxygen atoms in total. The number of hydrogen-bond donors (Lipinski definition) is 1. The van der Waals surface area contributed by atoms with Gasteiger partial charge in [0.1, 0.15) is 5.00 Å². The van der Waals surface area contributed by atoms with Gasteiger partial charge in [-0.05, 0) is 42.9 Å². The van der Waals surface area contributed by atoms with Crippen molar-refractivity contribution in [2.45, 2.75) is 31.1 Å². The van der Waals surface area contributed by atoms with Crippen molar-refractivity contribution in [2.24, 2.45) is 5.92 Å². The lowest BCUT2D eigenvalue weighted by Gasteiger charge is -2.18. The van der Waals surface area contributed by atoms with E-state index in [2.05, 4.69) is 12.2 Å². The number of carbonyl (C=O) groups excluding carboxylic acids is 2. The molecule has 1 aromatic carbocycles. The topological polar surface area (TPSA) is 89.5 Å². The van der Waals surface area contributed by atoms with Crippen molar-refractivity contribution < 1.29 is 22.7 Å². The molecule has 27 heavy (non-hydrogen) atoms. The molecular formula is C19H21NO5S2. The third-order valence-corrected chi connectivity index (χ3v) is 6.98. The van der Waals surface area contributed by atoms with Crippen LogP contribution in [0.25, 0.3) is 0 Å². The summed E-state index contributed by atoms with van der Waals surface area (Å²) in [6, 6.07) is 6.02. The molecule has 0 saturated heterocycles. The molecule has 1 aliphatic carbocycles. The molecule has 144 valence electrons. The Morgan fingerprint density at radius 3 is 2.63 bits per heavy atom. The second-order valence-electron chi connectivity index (χ2n) is 6.77. The van der Waals surface area contributed by atoms with Crippen molar-refractivity contribution in [1.82, 2.24) is 0 Å². The monoisotopic (exact) mass is 407 g/mol. The number of sulfone groups is 1. The van der Waals surface area contributed by atoms with Gasteiger partial charge in [0.25, 0.3) is 5.91 Å². The second kappa shape index (κ2) is 7.44. The van der Waals surface area contributed by atoms with Crippen LogP contribution in [-0.4, -0.2) is 33.7 Å². The highest BCUT2D eigenvalue weighted by atomic mass is 32.2. The Labute approximate surface area is 162 Å². The Kier molecular flexibility index (Phi) is 5.39. The van der Waals surface area contributed by atoms with Gasteiger partial charge in [-0.1, -0.05) is 19.1 Å². The number of fused-ring (bicyclic) bond motifs is 1. The van der Waals surface area contributed by atoms with Crippen LogP contribution in [0.15, 0.2) is 29.2 Å². The van der Waals surface area contributed by atoms with Gasteiger partial charge < -0.3 is 10.1 Å². The first-order valence-corrected chi connectivity index (χ1v) is 11.3. The van der Waals surface area contributed by atoms with Gasteiger partial charge in [-0.3, -0.25) is 4.79 Å². The maximum Gasteiger partial charge on any atom is 0.341 e. The van der Waals surface area contributed by atoms with Crippen molar-refractivity contribution in [1.29, 1.82) is 0 Å². The molecule has 0 aliphatic heterocycles. The van der Waals surface area contributed by atoms with Crippen molar-refractivity contribution >= 4 is 38.1 Å². The minimum atomic E-state index is -3.56. The van der Waals surface area contributed by atoms with Crippen LogP contribution in [0.5, 0.6) is 0 Å². The fraction of sp³-hybridized carbons (Fsp3) is 0.368. The maximum absolute atomic E-state index is 12.8. The zero-order chi connectivity index (χ0) is 19.8. The van der Waals surface area contributed by atoms with Gasteiger partial charge in [0, 0.05) is 11.1 Å². The molecule has 3 rings (SSSR count). The first kappa shape index (κ1) is 19.6. The lowest BCUT2D eigenvalue weighted by atomic mass is 9.88. The van der Waals surface area contributed by atoms with Crippen LogP contribution >= 0.6 is 11.3 Å². The molecule has 0 saturated carbocycles. The van der Waals surface area contributed by atoms with Crippen LogP contribution in [-0.2, 0) is 27.4 Å². The predicted octanol–water partition coefficient (Wildman–Crippen LogP) is 3.32. The summed E-state index contributed by atoms with van der Waals surface area (Å²) in [6.45, 7) is 2.15. The lowest BCUT2D eigenvalue weighted by Crippen LogP contribution is -2.18. The Hall–Kier alpha value is -2.19. The highest BCUT2D eigenvalue weighted by molar-refractivity contribution is 7.90. The lowest BCUT2D eigenvalue weighted by molar-refractivity contribution is 0.0601. The smallest absolute Gasteiger partial charge is 0.341 e. The molecule has 1 amide bonds. The number of carbonyl (C=O) groups is 2. The van der Waals surface area contributed by atoms with Crippen LogP contribution < -0.4 is 5.32 Å². The molecule has 1 N–H and O–H groups in total. The van der Waals surface area contributed by atoms with Crippen molar-refractivity contribution in [3.63, 3.8) is 0 Å². The molecule has 1 unspecified atom stereocenters. The number of amides is 1. The average molecular weight is 408 g/mol. The van der Waals surface area contributed by atoms with Crippen LogP contribution in [0.1, 0.15) is 44.5 Å². The molecule has 0 spiro atoms. The van der Waals surface area contributed by atoms with Crippen LogP contribution in [0.4, 0.5) is 5.00 Å². The summed E-state index contributed by atoms with van der Waals surface area (Å²) in [5.41, 5.74) is 1.36. The van der Waals surface area contributed by atoms with Crippen LogP contribution in [0.3, 0.4) is 0 Å². The van der Waals surface area contributed by atoms with Gasteiger partial charge in [-0.2, -0.15) is 0 Å². The number of methoxy groups -OCH3 is 1. The third kappa shape index (κ3) is 3.91. The fourth-order valence-electron chi connectivity index (χ4n) is 3.30. The largest absolute Gasteiger partial charge is 0.465 e. The van der Waals surface area contributed by atoms with E-state index in [1.807, 2.05) is 0 Å². The van der Waals surface area contributed by atoms with E-state index in [0.717, 1.165) is 36.0 Å². The Balaban J connectivity index is 2.02. The van der Waals surface area contributed by atoms with E-state index >= 15 is 0 Å². The van der Waals surface area contributed by atoms with E-state index in [4.69, 9.17) is 4.74 Å². The first-order chi connectivity index (χ1) is 12.7. The number of benzene rings is 1. The minimum absolute atomic E-state index is 0.0444. The SMILES string of the molecule is COC(=O)c1c(NC(=O)c2ccccc2S(C)(=O)=O)sc2c1CCC(C)C2. The van der Waals surface area contributed by atoms with Gasteiger partial charge in [0.15, 0.2) is 9.84 Å². The van der Waals surface area contributed by atoms with Crippen molar-refractivity contribution in [2.75, 3.05) is 18.7 Å². The molecule has 1 heterocycles. The molecule has 1 aromatic heterocycles.